The molecule has 2 aromatic carbocycles. The van der Waals surface area contributed by atoms with Crippen molar-refractivity contribution in [3.63, 3.8) is 0 Å². The third-order valence-corrected chi connectivity index (χ3v) is 6.73. The summed E-state index contributed by atoms with van der Waals surface area (Å²) in [6, 6.07) is 13.4. The number of ether oxygens (including phenoxy) is 1. The monoisotopic (exact) mass is 505 g/mol. The Morgan fingerprint density at radius 3 is 2.69 bits per heavy atom. The first-order valence-electron chi connectivity index (χ1n) is 11.3. The maximum atomic E-state index is 15.8. The summed E-state index contributed by atoms with van der Waals surface area (Å²) in [5.74, 6) is -0.472. The van der Waals surface area contributed by atoms with E-state index in [0.29, 0.717) is 53.8 Å². The molecule has 0 atom stereocenters. The number of aryl methyl sites for hydroxylation is 1. The van der Waals surface area contributed by atoms with Crippen LogP contribution in [-0.4, -0.2) is 47.3 Å². The Balaban J connectivity index is 1.49. The van der Waals surface area contributed by atoms with Crippen LogP contribution >= 0.6 is 11.3 Å². The molecule has 0 bridgehead atoms. The Morgan fingerprint density at radius 1 is 1.11 bits per heavy atom. The summed E-state index contributed by atoms with van der Waals surface area (Å²) in [5, 5.41) is 6.08. The molecule has 2 amide bonds. The number of thiazole rings is 1. The van der Waals surface area contributed by atoms with Gasteiger partial charge in [0.25, 0.3) is 0 Å². The zero-order valence-corrected chi connectivity index (χ0v) is 20.3. The Kier molecular flexibility index (Phi) is 6.74. The number of carbonyl (C=O) groups is 1. The first-order valence-corrected chi connectivity index (χ1v) is 12.2. The van der Waals surface area contributed by atoms with Crippen molar-refractivity contribution >= 4 is 39.8 Å². The average molecular weight is 506 g/mol. The number of rotatable bonds is 5. The molecule has 3 heterocycles. The summed E-state index contributed by atoms with van der Waals surface area (Å²) in [6.45, 7) is 4.47. The number of nitrogens with one attached hydrogen (secondary N) is 2. The van der Waals surface area contributed by atoms with E-state index in [9.17, 15) is 4.79 Å². The molecule has 1 saturated heterocycles. The van der Waals surface area contributed by atoms with Gasteiger partial charge in [-0.1, -0.05) is 35.6 Å². The minimum Gasteiger partial charge on any atom is -0.378 e. The number of hydrogen-bond acceptors (Lipinski definition) is 8. The van der Waals surface area contributed by atoms with Gasteiger partial charge in [0, 0.05) is 30.5 Å². The third kappa shape index (κ3) is 5.11. The van der Waals surface area contributed by atoms with E-state index in [0.717, 1.165) is 10.7 Å². The summed E-state index contributed by atoms with van der Waals surface area (Å²) in [7, 11) is 0. The van der Waals surface area contributed by atoms with E-state index in [1.807, 2.05) is 25.1 Å². The van der Waals surface area contributed by atoms with Crippen LogP contribution in [0.5, 0.6) is 0 Å². The van der Waals surface area contributed by atoms with E-state index in [2.05, 4.69) is 25.5 Å². The fourth-order valence-corrected chi connectivity index (χ4v) is 5.02. The predicted molar refractivity (Wildman–Crippen MR) is 140 cm³/mol. The lowest BCUT2D eigenvalue weighted by Gasteiger charge is -2.26. The summed E-state index contributed by atoms with van der Waals surface area (Å²) < 4.78 is 21.2. The van der Waals surface area contributed by atoms with Crippen LogP contribution in [0.2, 0.25) is 0 Å². The van der Waals surface area contributed by atoms with E-state index in [4.69, 9.17) is 15.5 Å². The quantitative estimate of drug-likeness (QED) is 0.357. The Labute approximate surface area is 211 Å². The zero-order valence-electron chi connectivity index (χ0n) is 19.5. The predicted octanol–water partition coefficient (Wildman–Crippen LogP) is 4.78. The van der Waals surface area contributed by atoms with Crippen LogP contribution in [-0.2, 0) is 4.74 Å². The van der Waals surface area contributed by atoms with E-state index in [-0.39, 0.29) is 11.6 Å². The summed E-state index contributed by atoms with van der Waals surface area (Å²) in [6.07, 6.45) is 1.54. The van der Waals surface area contributed by atoms with Crippen molar-refractivity contribution in [3.05, 3.63) is 66.1 Å². The van der Waals surface area contributed by atoms with Gasteiger partial charge in [-0.15, -0.1) is 0 Å². The van der Waals surface area contributed by atoms with Crippen LogP contribution in [0.1, 0.15) is 5.56 Å². The number of nitrogen functional groups attached to an aromatic ring is 1. The molecule has 1 aliphatic heterocycles. The molecular weight excluding hydrogens is 481 g/mol. The molecule has 0 radical (unpaired) electrons. The lowest BCUT2D eigenvalue weighted by atomic mass is 10.1. The minimum atomic E-state index is -0.572. The molecule has 0 saturated carbocycles. The molecule has 36 heavy (non-hydrogen) atoms. The summed E-state index contributed by atoms with van der Waals surface area (Å²) in [5.41, 5.74) is 8.76. The molecule has 0 spiro atoms. The normalized spacial score (nSPS) is 13.4. The summed E-state index contributed by atoms with van der Waals surface area (Å²) in [4.78, 5) is 28.3. The number of hydrogen-bond donors (Lipinski definition) is 3. The van der Waals surface area contributed by atoms with Crippen LogP contribution in [0.4, 0.5) is 31.6 Å². The number of halogens is 1. The van der Waals surface area contributed by atoms with Crippen molar-refractivity contribution in [2.24, 2.45) is 0 Å². The number of benzene rings is 2. The number of nitrogens with zero attached hydrogens (tertiary/aromatic N) is 4. The van der Waals surface area contributed by atoms with Gasteiger partial charge in [-0.05, 0) is 36.8 Å². The third-order valence-electron chi connectivity index (χ3n) is 5.58. The van der Waals surface area contributed by atoms with Crippen molar-refractivity contribution in [1.82, 2.24) is 15.0 Å². The van der Waals surface area contributed by atoms with Crippen molar-refractivity contribution in [1.29, 1.82) is 0 Å². The van der Waals surface area contributed by atoms with Crippen molar-refractivity contribution in [2.45, 2.75) is 6.92 Å². The van der Waals surface area contributed by atoms with Crippen molar-refractivity contribution in [2.75, 3.05) is 47.6 Å². The number of anilines is 4. The van der Waals surface area contributed by atoms with Gasteiger partial charge >= 0.3 is 6.03 Å². The lowest BCUT2D eigenvalue weighted by molar-refractivity contribution is 0.122. The van der Waals surface area contributed by atoms with Gasteiger partial charge in [0.05, 0.1) is 29.5 Å². The second-order valence-corrected chi connectivity index (χ2v) is 9.17. The molecule has 5 rings (SSSR count). The average Bonchev–Trinajstić information content (AvgIpc) is 3.31. The molecule has 184 valence electrons. The number of aromatic nitrogens is 3. The van der Waals surface area contributed by atoms with Crippen LogP contribution in [0.3, 0.4) is 0 Å². The highest BCUT2D eigenvalue weighted by molar-refractivity contribution is 7.19. The highest BCUT2D eigenvalue weighted by atomic mass is 32.1. The largest absolute Gasteiger partial charge is 0.378 e. The Bertz CT molecular complexity index is 1400. The van der Waals surface area contributed by atoms with Crippen molar-refractivity contribution in [3.8, 4) is 21.8 Å². The molecule has 9 nitrogen and oxygen atoms in total. The second kappa shape index (κ2) is 10.3. The van der Waals surface area contributed by atoms with E-state index in [1.54, 1.807) is 30.5 Å². The maximum Gasteiger partial charge on any atom is 0.323 e. The first kappa shape index (κ1) is 23.6. The standard InChI is InChI=1S/C25H24FN7O2S/c1-15-4-2-5-16(14-15)29-24(34)31-18-7-3-6-17(20(18)26)22-21(19-8-9-28-23(27)30-19)32-25(36-22)33-10-12-35-13-11-33/h2-9,14H,10-13H2,1H3,(H2,27,28,30)(H2,29,31,34). The smallest absolute Gasteiger partial charge is 0.323 e. The summed E-state index contributed by atoms with van der Waals surface area (Å²) >= 11 is 1.36. The van der Waals surface area contributed by atoms with Gasteiger partial charge in [0.1, 0.15) is 5.69 Å². The second-order valence-electron chi connectivity index (χ2n) is 8.19. The van der Waals surface area contributed by atoms with Gasteiger partial charge in [0.15, 0.2) is 10.9 Å². The van der Waals surface area contributed by atoms with Gasteiger partial charge in [0.2, 0.25) is 5.95 Å². The zero-order chi connectivity index (χ0) is 25.1. The fourth-order valence-electron chi connectivity index (χ4n) is 3.87. The van der Waals surface area contributed by atoms with Gasteiger partial charge in [-0.25, -0.2) is 24.1 Å². The van der Waals surface area contributed by atoms with Crippen molar-refractivity contribution < 1.29 is 13.9 Å². The van der Waals surface area contributed by atoms with E-state index < -0.39 is 11.8 Å². The SMILES string of the molecule is Cc1cccc(NC(=O)Nc2cccc(-c3sc(N4CCOCC4)nc3-c3ccnc(N)n3)c2F)c1. The molecule has 0 aliphatic carbocycles. The van der Waals surface area contributed by atoms with Crippen LogP contribution in [0.15, 0.2) is 54.7 Å². The molecule has 1 aliphatic rings. The fraction of sp³-hybridized carbons (Fsp3) is 0.200. The van der Waals surface area contributed by atoms with Gasteiger partial charge in [-0.3, -0.25) is 0 Å². The van der Waals surface area contributed by atoms with Crippen LogP contribution in [0.25, 0.3) is 21.8 Å². The number of morpholine rings is 1. The lowest BCUT2D eigenvalue weighted by Crippen LogP contribution is -2.36. The molecule has 11 heteroatoms. The van der Waals surface area contributed by atoms with Gasteiger partial charge in [-0.2, -0.15) is 0 Å². The van der Waals surface area contributed by atoms with Gasteiger partial charge < -0.3 is 26.0 Å². The van der Waals surface area contributed by atoms with Crippen LogP contribution < -0.4 is 21.3 Å². The number of carbonyl (C=O) groups excluding carboxylic acids is 1. The maximum absolute atomic E-state index is 15.8. The molecule has 2 aromatic heterocycles. The number of nitrogens with two attached hydrogens (primary N) is 1. The molecule has 0 unspecified atom stereocenters. The first-order chi connectivity index (χ1) is 17.5. The topological polar surface area (TPSA) is 118 Å². The molecular formula is C25H24FN7O2S. The highest BCUT2D eigenvalue weighted by Gasteiger charge is 2.24. The Hall–Kier alpha value is -4.09. The highest BCUT2D eigenvalue weighted by Crippen LogP contribution is 2.42. The molecule has 1 fully saturated rings. The Morgan fingerprint density at radius 2 is 1.92 bits per heavy atom. The van der Waals surface area contributed by atoms with E-state index in [1.165, 1.54) is 17.4 Å². The molecule has 4 aromatic rings. The minimum absolute atomic E-state index is 0.0483. The van der Waals surface area contributed by atoms with Crippen LogP contribution in [0, 0.1) is 12.7 Å². The number of amides is 2. The van der Waals surface area contributed by atoms with E-state index >= 15 is 4.39 Å². The number of urea groups is 1. The molecule has 4 N–H and O–H groups in total.